The van der Waals surface area contributed by atoms with Gasteiger partial charge in [0.05, 0.1) is 81.5 Å². The number of benzene rings is 5. The number of ether oxygens (including phenoxy) is 7. The second-order valence-electron chi connectivity index (χ2n) is 24.8. The number of carbonyl (C=O) groups is 3. The molecule has 3 amide bonds. The van der Waals surface area contributed by atoms with Crippen LogP contribution in [0.2, 0.25) is 0 Å². The quantitative estimate of drug-likeness (QED) is 0.0184. The summed E-state index contributed by atoms with van der Waals surface area (Å²) in [5.41, 5.74) is 7.92. The van der Waals surface area contributed by atoms with Crippen molar-refractivity contribution >= 4 is 77.9 Å². The van der Waals surface area contributed by atoms with Gasteiger partial charge < -0.3 is 58.9 Å². The summed E-state index contributed by atoms with van der Waals surface area (Å²) in [7, 11) is 3.46. The van der Waals surface area contributed by atoms with Crippen molar-refractivity contribution in [3.8, 4) is 23.0 Å². The number of nitrogens with one attached hydrogen (secondary N) is 3. The van der Waals surface area contributed by atoms with E-state index in [4.69, 9.17) is 33.2 Å². The van der Waals surface area contributed by atoms with E-state index in [-0.39, 0.29) is 69.9 Å². The maximum atomic E-state index is 14.6. The number of fused-ring (bicyclic) bond motifs is 9. The van der Waals surface area contributed by atoms with Crippen LogP contribution in [0.4, 0.5) is 28.4 Å². The third-order valence-corrected chi connectivity index (χ3v) is 23.1. The lowest BCUT2D eigenvalue weighted by atomic mass is 9.74. The van der Waals surface area contributed by atoms with E-state index in [2.05, 4.69) is 60.7 Å². The first-order chi connectivity index (χ1) is 43.4. The Kier molecular flexibility index (Phi) is 19.9. The molecule has 4 N–H and O–H groups in total. The molecule has 22 heteroatoms. The summed E-state index contributed by atoms with van der Waals surface area (Å²) in [6, 6.07) is 26.9. The van der Waals surface area contributed by atoms with Crippen LogP contribution in [-0.4, -0.2) is 126 Å². The fourth-order valence-electron chi connectivity index (χ4n) is 14.2. The second kappa shape index (κ2) is 27.7. The molecule has 3 unspecified atom stereocenters. The zero-order valence-corrected chi connectivity index (χ0v) is 55.0. The molecular weight excluding hydrogens is 1200 g/mol. The minimum absolute atomic E-state index is 0.0137. The van der Waals surface area contributed by atoms with Crippen LogP contribution >= 0.6 is 21.6 Å². The first kappa shape index (κ1) is 64.9. The smallest absolute Gasteiger partial charge is 0.288 e. The molecule has 2 saturated carbocycles. The number of allylic oxidation sites excluding steroid dienone is 1. The molecule has 0 saturated heterocycles. The molecule has 2 aliphatic carbocycles. The molecule has 0 spiro atoms. The van der Waals surface area contributed by atoms with Gasteiger partial charge >= 0.3 is 0 Å². The molecule has 6 aliphatic rings. The monoisotopic (exact) mass is 1290 g/mol. The van der Waals surface area contributed by atoms with Crippen molar-refractivity contribution in [3.63, 3.8) is 0 Å². The van der Waals surface area contributed by atoms with Gasteiger partial charge in [0, 0.05) is 84.5 Å². The molecule has 11 rings (SSSR count). The van der Waals surface area contributed by atoms with Gasteiger partial charge in [0.25, 0.3) is 21.9 Å². The topological polar surface area (TPSA) is 216 Å². The number of hydrogen-bond acceptors (Lipinski definition) is 17. The number of carbonyl (C=O) groups excluding carboxylic acids is 3. The number of nitrogens with zero attached hydrogens (tertiary/aromatic N) is 3. The van der Waals surface area contributed by atoms with Gasteiger partial charge in [-0.25, -0.2) is 0 Å². The Morgan fingerprint density at radius 3 is 2.09 bits per heavy atom. The fourth-order valence-corrected chi connectivity index (χ4v) is 17.7. The van der Waals surface area contributed by atoms with E-state index in [0.717, 1.165) is 70.3 Å². The van der Waals surface area contributed by atoms with Crippen LogP contribution in [0.1, 0.15) is 122 Å². The number of anilines is 5. The molecule has 2 fully saturated rings. The first-order valence-corrected chi connectivity index (χ1v) is 35.1. The molecule has 0 aromatic heterocycles. The number of para-hydroxylation sites is 2. The zero-order chi connectivity index (χ0) is 63.4. The maximum Gasteiger partial charge on any atom is 0.288 e. The molecule has 0 bridgehead atoms. The van der Waals surface area contributed by atoms with Crippen LogP contribution in [0, 0.1) is 11.3 Å². The Hall–Kier alpha value is -6.66. The Morgan fingerprint density at radius 2 is 1.44 bits per heavy atom. The van der Waals surface area contributed by atoms with E-state index in [1.165, 1.54) is 43.8 Å². The number of amides is 3. The van der Waals surface area contributed by atoms with E-state index in [9.17, 15) is 27.4 Å². The van der Waals surface area contributed by atoms with Crippen molar-refractivity contribution < 1.29 is 60.5 Å². The van der Waals surface area contributed by atoms with Crippen LogP contribution < -0.4 is 49.6 Å². The predicted octanol–water partition coefficient (Wildman–Crippen LogP) is 11.8. The summed E-state index contributed by atoms with van der Waals surface area (Å²) in [5, 5.41) is 8.41. The molecule has 482 valence electrons. The Balaban J connectivity index is 0.864. The van der Waals surface area contributed by atoms with Crippen LogP contribution in [-0.2, 0) is 55.2 Å². The summed E-state index contributed by atoms with van der Waals surface area (Å²) in [4.78, 5) is 48.0. The van der Waals surface area contributed by atoms with Crippen LogP contribution in [0.3, 0.4) is 0 Å². The molecule has 19 nitrogen and oxygen atoms in total. The lowest BCUT2D eigenvalue weighted by Crippen LogP contribution is -2.54. The molecule has 90 heavy (non-hydrogen) atoms. The third kappa shape index (κ3) is 13.6. The predicted molar refractivity (Wildman–Crippen MR) is 354 cm³/mol. The maximum absolute atomic E-state index is 14.6. The van der Waals surface area contributed by atoms with E-state index >= 15 is 0 Å². The zero-order valence-electron chi connectivity index (χ0n) is 52.5. The fraction of sp³-hybridized carbons (Fsp3) is 0.485. The van der Waals surface area contributed by atoms with Gasteiger partial charge in [-0.2, -0.15) is 8.42 Å². The van der Waals surface area contributed by atoms with Gasteiger partial charge in [0.1, 0.15) is 13.2 Å². The summed E-state index contributed by atoms with van der Waals surface area (Å²) in [6.45, 7) is 12.2. The third-order valence-electron chi connectivity index (χ3n) is 18.7. The Labute approximate surface area is 536 Å². The number of rotatable bonds is 31. The summed E-state index contributed by atoms with van der Waals surface area (Å²) in [5.74, 6) is 2.30. The largest absolute Gasteiger partial charge is 0.493 e. The van der Waals surface area contributed by atoms with Crippen molar-refractivity contribution in [2.24, 2.45) is 11.3 Å². The highest BCUT2D eigenvalue weighted by molar-refractivity contribution is 8.77. The standard InChI is InChI=1S/C68H84N6O13S3/c1-8-68(9-2,67-22-14-18-48(67)39-67)71-62(75)21-15-29-88-89-66(3,4)43-72(23-24-84-27-28-85-26-25-81-5)49-31-44(41-86-60-37-53-51(35-58(60)82-6)64(76)73-50(40-69-53)33-46-16-10-12-19-55(46)73)30-45(32-49)42-87-61-38-54-52(36-59(61)83-7)65(77)74-56-20-13-11-17-47(56)34-57(74)63(70-54)90(78,79)80/h10-13,16-17,19-20,30-32,35-38,40,48,57,63,69-70H,8-9,14-15,18,21-29,33-34,39,41-43H2,1-7H3,(H,71,75)(H,78,79,80)/t48?,57-,63?,67?/m0/s1. The number of methoxy groups -OCH3 is 3. The Bertz CT molecular complexity index is 3620. The molecule has 4 atom stereocenters. The van der Waals surface area contributed by atoms with Crippen LogP contribution in [0.5, 0.6) is 23.0 Å². The molecular formula is C68H84N6O13S3. The van der Waals surface area contributed by atoms with E-state index in [1.54, 1.807) is 71.0 Å². The van der Waals surface area contributed by atoms with Crippen molar-refractivity contribution in [1.29, 1.82) is 0 Å². The van der Waals surface area contributed by atoms with Crippen LogP contribution in [0.15, 0.2) is 103 Å². The Morgan fingerprint density at radius 1 is 0.800 bits per heavy atom. The van der Waals surface area contributed by atoms with Crippen molar-refractivity contribution in [1.82, 2.24) is 5.32 Å². The minimum atomic E-state index is -4.75. The van der Waals surface area contributed by atoms with Crippen LogP contribution in [0.25, 0.3) is 0 Å². The van der Waals surface area contributed by atoms with Gasteiger partial charge in [-0.1, -0.05) is 78.3 Å². The van der Waals surface area contributed by atoms with E-state index < -0.39 is 27.4 Å². The molecule has 4 heterocycles. The summed E-state index contributed by atoms with van der Waals surface area (Å²) in [6.07, 6.45) is 10.8. The highest BCUT2D eigenvalue weighted by Gasteiger charge is 2.67. The lowest BCUT2D eigenvalue weighted by Gasteiger charge is -2.41. The second-order valence-corrected chi connectivity index (χ2v) is 29.4. The average molecular weight is 1290 g/mol. The van der Waals surface area contributed by atoms with Crippen molar-refractivity contribution in [2.75, 3.05) is 98.5 Å². The van der Waals surface area contributed by atoms with Crippen molar-refractivity contribution in [2.45, 2.75) is 127 Å². The first-order valence-electron chi connectivity index (χ1n) is 31.3. The summed E-state index contributed by atoms with van der Waals surface area (Å²) < 4.78 is 79.0. The van der Waals surface area contributed by atoms with Gasteiger partial charge in [-0.15, -0.1) is 0 Å². The molecule has 5 aromatic carbocycles. The minimum Gasteiger partial charge on any atom is -0.493 e. The molecule has 5 aromatic rings. The normalized spacial score (nSPS) is 19.6. The molecule has 4 aliphatic heterocycles. The van der Waals surface area contributed by atoms with E-state index in [1.807, 2.05) is 48.7 Å². The SMILES string of the molecule is CCC(CC)(NC(=O)CCCSSC(C)(C)CN(CCOCCOCCOC)c1cc(COc2cc3c(cc2OC)C(=O)N2C(=CN3)Cc3ccccc32)cc(COc2cc3c(cc2OC)C(=O)N2c4ccccc4C[C@H]2C(S(=O)(=O)O)N3)c1)C12CCCC1C2. The lowest BCUT2D eigenvalue weighted by molar-refractivity contribution is -0.124. The van der Waals surface area contributed by atoms with Gasteiger partial charge in [-0.05, 0) is 135 Å². The van der Waals surface area contributed by atoms with E-state index in [0.29, 0.717) is 87.4 Å². The summed E-state index contributed by atoms with van der Waals surface area (Å²) >= 11 is 0. The number of hydrogen-bond donors (Lipinski definition) is 4. The van der Waals surface area contributed by atoms with Gasteiger partial charge in [-0.3, -0.25) is 23.8 Å². The highest BCUT2D eigenvalue weighted by Crippen LogP contribution is 2.70. The highest BCUT2D eigenvalue weighted by atomic mass is 33.1. The average Bonchev–Trinajstić information content (AvgIpc) is 1.54. The van der Waals surface area contributed by atoms with Crippen molar-refractivity contribution in [3.05, 3.63) is 136 Å². The molecule has 0 radical (unpaired) electrons. The van der Waals surface area contributed by atoms with Gasteiger partial charge in [0.2, 0.25) is 5.91 Å². The van der Waals surface area contributed by atoms with Gasteiger partial charge in [0.15, 0.2) is 28.4 Å².